The van der Waals surface area contributed by atoms with Gasteiger partial charge in [0.25, 0.3) is 17.6 Å². The van der Waals surface area contributed by atoms with Crippen molar-refractivity contribution < 1.29 is 14.4 Å². The summed E-state index contributed by atoms with van der Waals surface area (Å²) in [6.45, 7) is 3.70. The monoisotopic (exact) mass is 232 g/mol. The van der Waals surface area contributed by atoms with Gasteiger partial charge >= 0.3 is 0 Å². The van der Waals surface area contributed by atoms with Gasteiger partial charge in [-0.25, -0.2) is 0 Å². The molecule has 0 bridgehead atoms. The molecule has 88 valence electrons. The summed E-state index contributed by atoms with van der Waals surface area (Å²) in [4.78, 5) is 34.3. The van der Waals surface area contributed by atoms with Crippen LogP contribution in [-0.2, 0) is 4.79 Å². The zero-order valence-electron chi connectivity index (χ0n) is 9.53. The summed E-state index contributed by atoms with van der Waals surface area (Å²) in [5.74, 6) is -1.50. The SMILES string of the molecule is CC(C)NC(=O)c1ccc2c(c1)C(=O)C(=O)N2. The summed E-state index contributed by atoms with van der Waals surface area (Å²) in [6.07, 6.45) is 0. The van der Waals surface area contributed by atoms with Crippen LogP contribution >= 0.6 is 0 Å². The molecule has 1 aromatic carbocycles. The van der Waals surface area contributed by atoms with Crippen molar-refractivity contribution in [1.29, 1.82) is 0 Å². The van der Waals surface area contributed by atoms with E-state index in [-0.39, 0.29) is 17.5 Å². The van der Waals surface area contributed by atoms with Gasteiger partial charge in [-0.3, -0.25) is 14.4 Å². The van der Waals surface area contributed by atoms with Crippen LogP contribution in [0.4, 0.5) is 5.69 Å². The summed E-state index contributed by atoms with van der Waals surface area (Å²) >= 11 is 0. The second-order valence-corrected chi connectivity index (χ2v) is 4.17. The van der Waals surface area contributed by atoms with Gasteiger partial charge in [-0.15, -0.1) is 0 Å². The maximum atomic E-state index is 11.7. The van der Waals surface area contributed by atoms with E-state index in [0.717, 1.165) is 0 Å². The molecule has 2 amide bonds. The first kappa shape index (κ1) is 11.3. The fraction of sp³-hybridized carbons (Fsp3) is 0.250. The molecule has 0 saturated carbocycles. The minimum absolute atomic E-state index is 0.0196. The van der Waals surface area contributed by atoms with Gasteiger partial charge in [-0.05, 0) is 32.0 Å². The minimum Gasteiger partial charge on any atom is -0.350 e. The van der Waals surface area contributed by atoms with E-state index in [2.05, 4.69) is 10.6 Å². The van der Waals surface area contributed by atoms with Crippen LogP contribution in [0.1, 0.15) is 34.6 Å². The minimum atomic E-state index is -0.651. The normalized spacial score (nSPS) is 13.6. The number of Topliss-reactive ketones (excluding diaryl/α,β-unsaturated/α-hetero) is 1. The number of carbonyl (C=O) groups excluding carboxylic acids is 3. The molecular formula is C12H12N2O3. The Morgan fingerprint density at radius 1 is 1.29 bits per heavy atom. The Morgan fingerprint density at radius 3 is 2.65 bits per heavy atom. The number of amides is 2. The quantitative estimate of drug-likeness (QED) is 0.746. The Bertz CT molecular complexity index is 520. The molecule has 5 heteroatoms. The Hall–Kier alpha value is -2.17. The number of benzene rings is 1. The highest BCUT2D eigenvalue weighted by Gasteiger charge is 2.28. The third-order valence-corrected chi connectivity index (χ3v) is 2.40. The molecule has 17 heavy (non-hydrogen) atoms. The molecule has 2 N–H and O–H groups in total. The van der Waals surface area contributed by atoms with Crippen molar-refractivity contribution in [3.05, 3.63) is 29.3 Å². The summed E-state index contributed by atoms with van der Waals surface area (Å²) in [5, 5.41) is 5.15. The van der Waals surface area contributed by atoms with Crippen molar-refractivity contribution in [1.82, 2.24) is 5.32 Å². The number of fused-ring (bicyclic) bond motifs is 1. The van der Waals surface area contributed by atoms with E-state index < -0.39 is 11.7 Å². The van der Waals surface area contributed by atoms with Crippen molar-refractivity contribution >= 4 is 23.3 Å². The van der Waals surface area contributed by atoms with Crippen LogP contribution in [0.15, 0.2) is 18.2 Å². The maximum absolute atomic E-state index is 11.7. The average Bonchev–Trinajstić information content (AvgIpc) is 2.54. The van der Waals surface area contributed by atoms with Crippen LogP contribution in [0, 0.1) is 0 Å². The van der Waals surface area contributed by atoms with Crippen LogP contribution in [-0.4, -0.2) is 23.6 Å². The highest BCUT2D eigenvalue weighted by molar-refractivity contribution is 6.51. The van der Waals surface area contributed by atoms with Crippen molar-refractivity contribution in [3.63, 3.8) is 0 Å². The van der Waals surface area contributed by atoms with E-state index in [1.165, 1.54) is 6.07 Å². The van der Waals surface area contributed by atoms with Gasteiger partial charge in [-0.2, -0.15) is 0 Å². The molecule has 0 spiro atoms. The summed E-state index contributed by atoms with van der Waals surface area (Å²) in [5.41, 5.74) is 1.09. The summed E-state index contributed by atoms with van der Waals surface area (Å²) < 4.78 is 0. The first-order valence-corrected chi connectivity index (χ1v) is 5.29. The van der Waals surface area contributed by atoms with Crippen LogP contribution in [0.5, 0.6) is 0 Å². The maximum Gasteiger partial charge on any atom is 0.296 e. The molecule has 0 unspecified atom stereocenters. The van der Waals surface area contributed by atoms with E-state index in [4.69, 9.17) is 0 Å². The lowest BCUT2D eigenvalue weighted by Crippen LogP contribution is -2.30. The number of carbonyl (C=O) groups is 3. The highest BCUT2D eigenvalue weighted by Crippen LogP contribution is 2.23. The van der Waals surface area contributed by atoms with Crippen LogP contribution in [0.3, 0.4) is 0 Å². The number of rotatable bonds is 2. The number of ketones is 1. The summed E-state index contributed by atoms with van der Waals surface area (Å²) in [6, 6.07) is 4.60. The van der Waals surface area contributed by atoms with E-state index in [0.29, 0.717) is 11.3 Å². The Kier molecular flexibility index (Phi) is 2.67. The third kappa shape index (κ3) is 2.04. The van der Waals surface area contributed by atoms with E-state index in [1.807, 2.05) is 13.8 Å². The third-order valence-electron chi connectivity index (χ3n) is 2.40. The van der Waals surface area contributed by atoms with Crippen molar-refractivity contribution in [2.45, 2.75) is 19.9 Å². The fourth-order valence-electron chi connectivity index (χ4n) is 1.63. The van der Waals surface area contributed by atoms with Crippen molar-refractivity contribution in [2.24, 2.45) is 0 Å². The molecule has 1 aliphatic rings. The smallest absolute Gasteiger partial charge is 0.296 e. The first-order chi connectivity index (χ1) is 7.99. The number of anilines is 1. The zero-order valence-corrected chi connectivity index (χ0v) is 9.53. The number of nitrogens with one attached hydrogen (secondary N) is 2. The Labute approximate surface area is 98.2 Å². The second kappa shape index (κ2) is 4.01. The largest absolute Gasteiger partial charge is 0.350 e. The van der Waals surface area contributed by atoms with Crippen molar-refractivity contribution in [3.8, 4) is 0 Å². The molecule has 1 heterocycles. The standard InChI is InChI=1S/C12H12N2O3/c1-6(2)13-11(16)7-3-4-9-8(5-7)10(15)12(17)14-9/h3-6H,1-2H3,(H,13,16)(H,14,15,17). The van der Waals surface area contributed by atoms with Gasteiger partial charge in [0.15, 0.2) is 0 Å². The lowest BCUT2D eigenvalue weighted by atomic mass is 10.1. The van der Waals surface area contributed by atoms with E-state index in [9.17, 15) is 14.4 Å². The lowest BCUT2D eigenvalue weighted by Gasteiger charge is -2.08. The van der Waals surface area contributed by atoms with E-state index in [1.54, 1.807) is 12.1 Å². The number of hydrogen-bond donors (Lipinski definition) is 2. The fourth-order valence-corrected chi connectivity index (χ4v) is 1.63. The Balaban J connectivity index is 2.32. The van der Waals surface area contributed by atoms with Crippen LogP contribution < -0.4 is 10.6 Å². The molecule has 1 aliphatic heterocycles. The predicted octanol–water partition coefficient (Wildman–Crippen LogP) is 0.960. The lowest BCUT2D eigenvalue weighted by molar-refractivity contribution is -0.112. The average molecular weight is 232 g/mol. The molecule has 0 fully saturated rings. The van der Waals surface area contributed by atoms with Crippen LogP contribution in [0.2, 0.25) is 0 Å². The Morgan fingerprint density at radius 2 is 2.00 bits per heavy atom. The highest BCUT2D eigenvalue weighted by atomic mass is 16.2. The molecule has 0 aliphatic carbocycles. The topological polar surface area (TPSA) is 75.3 Å². The first-order valence-electron chi connectivity index (χ1n) is 5.29. The molecule has 0 radical (unpaired) electrons. The van der Waals surface area contributed by atoms with Crippen LogP contribution in [0.25, 0.3) is 0 Å². The molecular weight excluding hydrogens is 220 g/mol. The predicted molar refractivity (Wildman–Crippen MR) is 62.0 cm³/mol. The second-order valence-electron chi connectivity index (χ2n) is 4.17. The number of hydrogen-bond acceptors (Lipinski definition) is 3. The molecule has 0 atom stereocenters. The molecule has 1 aromatic rings. The molecule has 0 aromatic heterocycles. The summed E-state index contributed by atoms with van der Waals surface area (Å²) in [7, 11) is 0. The van der Waals surface area contributed by atoms with Gasteiger partial charge in [-0.1, -0.05) is 0 Å². The van der Waals surface area contributed by atoms with Gasteiger partial charge in [0, 0.05) is 11.6 Å². The molecule has 5 nitrogen and oxygen atoms in total. The molecule has 2 rings (SSSR count). The van der Waals surface area contributed by atoms with Gasteiger partial charge in [0.1, 0.15) is 0 Å². The van der Waals surface area contributed by atoms with E-state index >= 15 is 0 Å². The van der Waals surface area contributed by atoms with Gasteiger partial charge in [0.2, 0.25) is 0 Å². The molecule has 0 saturated heterocycles. The van der Waals surface area contributed by atoms with Gasteiger partial charge < -0.3 is 10.6 Å². The van der Waals surface area contributed by atoms with Gasteiger partial charge in [0.05, 0.1) is 11.3 Å². The zero-order chi connectivity index (χ0) is 12.6. The van der Waals surface area contributed by atoms with Crippen molar-refractivity contribution in [2.75, 3.05) is 5.32 Å².